The zero-order valence-electron chi connectivity index (χ0n) is 10.7. The number of amides is 1. The molecule has 2 fully saturated rings. The van der Waals surface area contributed by atoms with Gasteiger partial charge in [-0.1, -0.05) is 0 Å². The molecule has 0 bridgehead atoms. The Labute approximate surface area is 102 Å². The molecule has 0 aliphatic carbocycles. The van der Waals surface area contributed by atoms with Crippen LogP contribution < -0.4 is 5.32 Å². The molecule has 2 heterocycles. The summed E-state index contributed by atoms with van der Waals surface area (Å²) >= 11 is 0. The molecule has 5 nitrogen and oxygen atoms in total. The van der Waals surface area contributed by atoms with Gasteiger partial charge in [0.05, 0.1) is 11.7 Å². The van der Waals surface area contributed by atoms with Gasteiger partial charge in [0.15, 0.2) is 0 Å². The van der Waals surface area contributed by atoms with Crippen LogP contribution in [0.3, 0.4) is 0 Å². The second-order valence-corrected chi connectivity index (χ2v) is 5.16. The number of hydrogen-bond acceptors (Lipinski definition) is 4. The number of carbonyl (C=O) groups is 1. The molecule has 2 aliphatic rings. The van der Waals surface area contributed by atoms with Crippen LogP contribution in [-0.2, 0) is 14.3 Å². The molecule has 1 amide bonds. The largest absolute Gasteiger partial charge is 0.381 e. The third-order valence-corrected chi connectivity index (χ3v) is 3.67. The quantitative estimate of drug-likeness (QED) is 0.754. The van der Waals surface area contributed by atoms with Crippen LogP contribution in [0.5, 0.6) is 0 Å². The minimum Gasteiger partial charge on any atom is -0.381 e. The monoisotopic (exact) mass is 242 g/mol. The number of hydrogen-bond donors (Lipinski definition) is 1. The van der Waals surface area contributed by atoms with Crippen molar-refractivity contribution < 1.29 is 14.3 Å². The Morgan fingerprint density at radius 3 is 2.53 bits per heavy atom. The second-order valence-electron chi connectivity index (χ2n) is 5.16. The second kappa shape index (κ2) is 5.33. The molecular weight excluding hydrogens is 220 g/mol. The summed E-state index contributed by atoms with van der Waals surface area (Å²) in [5, 5.41) is 3.15. The SMILES string of the molecule is COC1CCN(C(=O)COC2(C)CNC2)CC1. The van der Waals surface area contributed by atoms with E-state index in [9.17, 15) is 4.79 Å². The van der Waals surface area contributed by atoms with Crippen LogP contribution in [-0.4, -0.2) is 62.4 Å². The van der Waals surface area contributed by atoms with Gasteiger partial charge in [0.1, 0.15) is 6.61 Å². The summed E-state index contributed by atoms with van der Waals surface area (Å²) in [5.41, 5.74) is -0.138. The summed E-state index contributed by atoms with van der Waals surface area (Å²) in [4.78, 5) is 13.8. The molecule has 0 atom stereocenters. The molecule has 1 N–H and O–H groups in total. The van der Waals surface area contributed by atoms with Gasteiger partial charge in [0.25, 0.3) is 0 Å². The van der Waals surface area contributed by atoms with Crippen LogP contribution in [0.25, 0.3) is 0 Å². The van der Waals surface area contributed by atoms with Crippen molar-refractivity contribution in [3.05, 3.63) is 0 Å². The van der Waals surface area contributed by atoms with Crippen LogP contribution in [0.4, 0.5) is 0 Å². The molecule has 0 saturated carbocycles. The summed E-state index contributed by atoms with van der Waals surface area (Å²) in [6, 6.07) is 0. The highest BCUT2D eigenvalue weighted by Crippen LogP contribution is 2.17. The fourth-order valence-corrected chi connectivity index (χ4v) is 2.25. The summed E-state index contributed by atoms with van der Waals surface area (Å²) in [6.45, 7) is 5.49. The Bertz CT molecular complexity index is 271. The molecule has 5 heteroatoms. The number of nitrogens with zero attached hydrogens (tertiary/aromatic N) is 1. The Morgan fingerprint density at radius 1 is 1.41 bits per heavy atom. The van der Waals surface area contributed by atoms with Crippen molar-refractivity contribution in [2.75, 3.05) is 39.9 Å². The molecule has 0 spiro atoms. The van der Waals surface area contributed by atoms with Crippen molar-refractivity contribution >= 4 is 5.91 Å². The molecule has 98 valence electrons. The number of carbonyl (C=O) groups excluding carboxylic acids is 1. The predicted molar refractivity (Wildman–Crippen MR) is 63.8 cm³/mol. The van der Waals surface area contributed by atoms with Crippen molar-refractivity contribution in [2.24, 2.45) is 0 Å². The smallest absolute Gasteiger partial charge is 0.248 e. The third kappa shape index (κ3) is 3.18. The van der Waals surface area contributed by atoms with Gasteiger partial charge in [-0.15, -0.1) is 0 Å². The molecule has 0 radical (unpaired) electrons. The van der Waals surface area contributed by atoms with Gasteiger partial charge in [-0.25, -0.2) is 0 Å². The Hall–Kier alpha value is -0.650. The van der Waals surface area contributed by atoms with Crippen LogP contribution in [0.2, 0.25) is 0 Å². The fourth-order valence-electron chi connectivity index (χ4n) is 2.25. The van der Waals surface area contributed by atoms with Gasteiger partial charge >= 0.3 is 0 Å². The maximum Gasteiger partial charge on any atom is 0.248 e. The van der Waals surface area contributed by atoms with E-state index in [2.05, 4.69) is 5.32 Å². The zero-order chi connectivity index (χ0) is 12.3. The third-order valence-electron chi connectivity index (χ3n) is 3.67. The van der Waals surface area contributed by atoms with Crippen molar-refractivity contribution in [1.29, 1.82) is 0 Å². The molecule has 17 heavy (non-hydrogen) atoms. The highest BCUT2D eigenvalue weighted by molar-refractivity contribution is 5.77. The fraction of sp³-hybridized carbons (Fsp3) is 0.917. The van der Waals surface area contributed by atoms with E-state index in [1.54, 1.807) is 7.11 Å². The normalized spacial score (nSPS) is 24.5. The van der Waals surface area contributed by atoms with Gasteiger partial charge in [0, 0.05) is 33.3 Å². The Morgan fingerprint density at radius 2 is 2.06 bits per heavy atom. The minimum atomic E-state index is -0.138. The highest BCUT2D eigenvalue weighted by atomic mass is 16.5. The first-order chi connectivity index (χ1) is 8.13. The topological polar surface area (TPSA) is 50.8 Å². The molecular formula is C12H22N2O3. The summed E-state index contributed by atoms with van der Waals surface area (Å²) in [5.74, 6) is 0.104. The molecule has 2 aliphatic heterocycles. The Balaban J connectivity index is 1.69. The molecule has 0 aromatic rings. The van der Waals surface area contributed by atoms with Gasteiger partial charge in [-0.3, -0.25) is 4.79 Å². The summed E-state index contributed by atoms with van der Waals surface area (Å²) in [7, 11) is 1.73. The van der Waals surface area contributed by atoms with Crippen LogP contribution >= 0.6 is 0 Å². The molecule has 2 saturated heterocycles. The first kappa shape index (κ1) is 12.8. The van der Waals surface area contributed by atoms with Crippen molar-refractivity contribution in [1.82, 2.24) is 10.2 Å². The van der Waals surface area contributed by atoms with E-state index < -0.39 is 0 Å². The number of piperidine rings is 1. The highest BCUT2D eigenvalue weighted by Gasteiger charge is 2.34. The Kier molecular flexibility index (Phi) is 4.01. The lowest BCUT2D eigenvalue weighted by atomic mass is 10.0. The van der Waals surface area contributed by atoms with Crippen molar-refractivity contribution in [3.63, 3.8) is 0 Å². The van der Waals surface area contributed by atoms with E-state index in [4.69, 9.17) is 9.47 Å². The van der Waals surface area contributed by atoms with Crippen molar-refractivity contribution in [3.8, 4) is 0 Å². The number of nitrogens with one attached hydrogen (secondary N) is 1. The lowest BCUT2D eigenvalue weighted by Gasteiger charge is -2.39. The predicted octanol–water partition coefficient (Wildman–Crippen LogP) is 0.00230. The van der Waals surface area contributed by atoms with E-state index in [0.29, 0.717) is 6.10 Å². The standard InChI is InChI=1S/C12H22N2O3/c1-12(8-13-9-12)17-7-11(15)14-5-3-10(16-2)4-6-14/h10,13H,3-9H2,1-2H3. The first-order valence-electron chi connectivity index (χ1n) is 6.28. The maximum atomic E-state index is 11.9. The minimum absolute atomic E-state index is 0.104. The van der Waals surface area contributed by atoms with Gasteiger partial charge < -0.3 is 19.7 Å². The summed E-state index contributed by atoms with van der Waals surface area (Å²) < 4.78 is 10.9. The van der Waals surface area contributed by atoms with Crippen LogP contribution in [0.1, 0.15) is 19.8 Å². The van der Waals surface area contributed by atoms with E-state index in [0.717, 1.165) is 39.0 Å². The molecule has 0 aromatic heterocycles. The average Bonchev–Trinajstić information content (AvgIpc) is 2.33. The lowest BCUT2D eigenvalue weighted by molar-refractivity contribution is -0.148. The van der Waals surface area contributed by atoms with E-state index in [1.807, 2.05) is 11.8 Å². The van der Waals surface area contributed by atoms with Crippen LogP contribution in [0, 0.1) is 0 Å². The van der Waals surface area contributed by atoms with Crippen molar-refractivity contribution in [2.45, 2.75) is 31.5 Å². The molecule has 2 rings (SSSR count). The number of rotatable bonds is 4. The van der Waals surface area contributed by atoms with Gasteiger partial charge in [-0.05, 0) is 19.8 Å². The number of methoxy groups -OCH3 is 1. The summed E-state index contributed by atoms with van der Waals surface area (Å²) in [6.07, 6.45) is 2.18. The molecule has 0 unspecified atom stereocenters. The van der Waals surface area contributed by atoms with E-state index in [-0.39, 0.29) is 18.1 Å². The van der Waals surface area contributed by atoms with Crippen LogP contribution in [0.15, 0.2) is 0 Å². The number of ether oxygens (including phenoxy) is 2. The van der Waals surface area contributed by atoms with E-state index >= 15 is 0 Å². The average molecular weight is 242 g/mol. The number of likely N-dealkylation sites (tertiary alicyclic amines) is 1. The van der Waals surface area contributed by atoms with Gasteiger partial charge in [0.2, 0.25) is 5.91 Å². The molecule has 0 aromatic carbocycles. The first-order valence-corrected chi connectivity index (χ1v) is 6.28. The zero-order valence-corrected chi connectivity index (χ0v) is 10.7. The van der Waals surface area contributed by atoms with Gasteiger partial charge in [-0.2, -0.15) is 0 Å². The van der Waals surface area contributed by atoms with E-state index in [1.165, 1.54) is 0 Å². The lowest BCUT2D eigenvalue weighted by Crippen LogP contribution is -2.59. The maximum absolute atomic E-state index is 11.9.